The molecule has 3 aromatic rings. The first-order chi connectivity index (χ1) is 14.3. The number of hydrogen-bond donors (Lipinski definition) is 1. The van der Waals surface area contributed by atoms with Crippen LogP contribution in [0.15, 0.2) is 30.3 Å². The summed E-state index contributed by atoms with van der Waals surface area (Å²) in [7, 11) is 0. The molecule has 1 N–H and O–H groups in total. The Morgan fingerprint density at radius 2 is 1.86 bits per heavy atom. The number of nitrogens with zero attached hydrogens (tertiary/aromatic N) is 4. The molecule has 6 nitrogen and oxygen atoms in total. The molecule has 0 aliphatic heterocycles. The molecular formula is C23H29N5O. The number of tetrazole rings is 1. The van der Waals surface area contributed by atoms with Gasteiger partial charge in [-0.25, -0.2) is 4.98 Å². The van der Waals surface area contributed by atoms with Crippen LogP contribution in [0, 0.1) is 0 Å². The van der Waals surface area contributed by atoms with E-state index in [1.54, 1.807) is 0 Å². The van der Waals surface area contributed by atoms with E-state index >= 15 is 0 Å². The van der Waals surface area contributed by atoms with E-state index in [4.69, 9.17) is 9.72 Å². The molecule has 0 saturated carbocycles. The number of fused-ring (bicyclic) bond motifs is 1. The van der Waals surface area contributed by atoms with Crippen LogP contribution in [0.1, 0.15) is 63.6 Å². The fourth-order valence-corrected chi connectivity index (χ4v) is 4.21. The van der Waals surface area contributed by atoms with E-state index in [1.165, 1.54) is 24.8 Å². The number of nitrogens with one attached hydrogen (secondary N) is 1. The molecule has 0 spiro atoms. The lowest BCUT2D eigenvalue weighted by Crippen LogP contribution is -2.18. The average Bonchev–Trinajstić information content (AvgIpc) is 3.18. The van der Waals surface area contributed by atoms with Crippen molar-refractivity contribution < 1.29 is 4.74 Å². The predicted octanol–water partition coefficient (Wildman–Crippen LogP) is 5.16. The predicted molar refractivity (Wildman–Crippen MR) is 114 cm³/mol. The zero-order valence-corrected chi connectivity index (χ0v) is 17.3. The van der Waals surface area contributed by atoms with Gasteiger partial charge in [0.05, 0.1) is 5.56 Å². The van der Waals surface area contributed by atoms with Crippen LogP contribution in [0.3, 0.4) is 0 Å². The van der Waals surface area contributed by atoms with E-state index in [1.807, 2.05) is 6.07 Å². The van der Waals surface area contributed by atoms with Crippen molar-refractivity contribution in [2.24, 2.45) is 0 Å². The van der Waals surface area contributed by atoms with Gasteiger partial charge in [-0.1, -0.05) is 57.0 Å². The van der Waals surface area contributed by atoms with Crippen LogP contribution in [0.25, 0.3) is 22.5 Å². The van der Waals surface area contributed by atoms with Gasteiger partial charge in [0.25, 0.3) is 0 Å². The molecule has 152 valence electrons. The number of H-pyrrole nitrogens is 1. The van der Waals surface area contributed by atoms with Gasteiger partial charge in [0, 0.05) is 11.3 Å². The topological polar surface area (TPSA) is 76.6 Å². The molecule has 2 heterocycles. The van der Waals surface area contributed by atoms with Crippen LogP contribution in [0.5, 0.6) is 5.88 Å². The molecule has 1 aliphatic carbocycles. The first kappa shape index (κ1) is 19.6. The highest BCUT2D eigenvalue weighted by atomic mass is 16.5. The van der Waals surface area contributed by atoms with Crippen LogP contribution >= 0.6 is 0 Å². The first-order valence-corrected chi connectivity index (χ1v) is 10.8. The Hall–Kier alpha value is -2.76. The van der Waals surface area contributed by atoms with Crippen LogP contribution in [0.4, 0.5) is 0 Å². The number of aromatic amines is 1. The molecular weight excluding hydrogens is 362 g/mol. The SMILES string of the molecule is CCCC(CC)Oc1nc2c(c(-c3ccccc3)c1-c1nn[nH]n1)CCCCC2. The molecule has 0 amide bonds. The summed E-state index contributed by atoms with van der Waals surface area (Å²) in [5, 5.41) is 15.1. The Labute approximate surface area is 172 Å². The third-order valence-corrected chi connectivity index (χ3v) is 5.67. The van der Waals surface area contributed by atoms with E-state index in [2.05, 4.69) is 58.7 Å². The number of rotatable bonds is 7. The van der Waals surface area contributed by atoms with Crippen molar-refractivity contribution in [1.82, 2.24) is 25.6 Å². The number of benzene rings is 1. The minimum Gasteiger partial charge on any atom is -0.474 e. The number of hydrogen-bond acceptors (Lipinski definition) is 5. The molecule has 1 atom stereocenters. The third kappa shape index (κ3) is 4.16. The fraction of sp³-hybridized carbons (Fsp3) is 0.478. The second kappa shape index (κ2) is 9.16. The fourth-order valence-electron chi connectivity index (χ4n) is 4.21. The van der Waals surface area contributed by atoms with E-state index in [0.29, 0.717) is 11.7 Å². The van der Waals surface area contributed by atoms with Gasteiger partial charge in [-0.2, -0.15) is 5.21 Å². The van der Waals surface area contributed by atoms with Crippen molar-refractivity contribution in [2.75, 3.05) is 0 Å². The lowest BCUT2D eigenvalue weighted by atomic mass is 9.91. The molecule has 1 unspecified atom stereocenters. The molecule has 1 aliphatic rings. The molecule has 0 saturated heterocycles. The zero-order chi connectivity index (χ0) is 20.1. The highest BCUT2D eigenvalue weighted by Gasteiger charge is 2.27. The maximum Gasteiger partial charge on any atom is 0.225 e. The lowest BCUT2D eigenvalue weighted by Gasteiger charge is -2.22. The van der Waals surface area contributed by atoms with Gasteiger partial charge < -0.3 is 4.74 Å². The molecule has 6 heteroatoms. The normalized spacial score (nSPS) is 14.8. The summed E-state index contributed by atoms with van der Waals surface area (Å²) in [6.07, 6.45) is 8.73. The van der Waals surface area contributed by atoms with Crippen LogP contribution in [-0.4, -0.2) is 31.7 Å². The van der Waals surface area contributed by atoms with Gasteiger partial charge in [0.15, 0.2) is 0 Å². The van der Waals surface area contributed by atoms with Gasteiger partial charge >= 0.3 is 0 Å². The van der Waals surface area contributed by atoms with Crippen LogP contribution in [0.2, 0.25) is 0 Å². The number of aryl methyl sites for hydroxylation is 1. The summed E-state index contributed by atoms with van der Waals surface area (Å²) < 4.78 is 6.50. The van der Waals surface area contributed by atoms with Gasteiger partial charge in [0.2, 0.25) is 11.7 Å². The van der Waals surface area contributed by atoms with Gasteiger partial charge in [0.1, 0.15) is 6.10 Å². The Kier molecular flexibility index (Phi) is 6.17. The quantitative estimate of drug-likeness (QED) is 0.563. The molecule has 4 rings (SSSR count). The third-order valence-electron chi connectivity index (χ3n) is 5.67. The van der Waals surface area contributed by atoms with Crippen LogP contribution < -0.4 is 4.74 Å². The van der Waals surface area contributed by atoms with Gasteiger partial charge in [-0.05, 0) is 54.9 Å². The molecule has 2 aromatic heterocycles. The molecule has 0 radical (unpaired) electrons. The van der Waals surface area contributed by atoms with E-state index in [0.717, 1.165) is 54.5 Å². The lowest BCUT2D eigenvalue weighted by molar-refractivity contribution is 0.178. The second-order valence-corrected chi connectivity index (χ2v) is 7.69. The van der Waals surface area contributed by atoms with Crippen molar-refractivity contribution in [1.29, 1.82) is 0 Å². The summed E-state index contributed by atoms with van der Waals surface area (Å²) in [6.45, 7) is 4.35. The Bertz CT molecular complexity index is 924. The maximum atomic E-state index is 6.50. The van der Waals surface area contributed by atoms with Crippen molar-refractivity contribution in [2.45, 2.75) is 71.3 Å². The monoisotopic (exact) mass is 391 g/mol. The van der Waals surface area contributed by atoms with E-state index in [9.17, 15) is 0 Å². The summed E-state index contributed by atoms with van der Waals surface area (Å²) in [5.74, 6) is 1.19. The van der Waals surface area contributed by atoms with Gasteiger partial charge in [-0.3, -0.25) is 0 Å². The summed E-state index contributed by atoms with van der Waals surface area (Å²) >= 11 is 0. The van der Waals surface area contributed by atoms with Crippen molar-refractivity contribution >= 4 is 0 Å². The Balaban J connectivity index is 1.96. The van der Waals surface area contributed by atoms with Crippen LogP contribution in [-0.2, 0) is 12.8 Å². The molecule has 0 fully saturated rings. The zero-order valence-electron chi connectivity index (χ0n) is 17.3. The van der Waals surface area contributed by atoms with Crippen molar-refractivity contribution in [3.63, 3.8) is 0 Å². The number of pyridine rings is 1. The van der Waals surface area contributed by atoms with E-state index < -0.39 is 0 Å². The van der Waals surface area contributed by atoms with Crippen molar-refractivity contribution in [3.05, 3.63) is 41.6 Å². The van der Waals surface area contributed by atoms with E-state index in [-0.39, 0.29) is 6.10 Å². The second-order valence-electron chi connectivity index (χ2n) is 7.69. The average molecular weight is 392 g/mol. The highest BCUT2D eigenvalue weighted by Crippen LogP contribution is 2.42. The Morgan fingerprint density at radius 1 is 1.03 bits per heavy atom. The first-order valence-electron chi connectivity index (χ1n) is 10.8. The number of aromatic nitrogens is 5. The van der Waals surface area contributed by atoms with Gasteiger partial charge in [-0.15, -0.1) is 10.2 Å². The standard InChI is InChI=1S/C23H29N5O/c1-3-11-17(4-2)29-23-21(22-25-27-28-26-22)20(16-12-7-5-8-13-16)18-14-9-6-10-15-19(18)24-23/h5,7-8,12-13,17H,3-4,6,9-11,14-15H2,1-2H3,(H,25,26,27,28). The highest BCUT2D eigenvalue weighted by molar-refractivity contribution is 5.86. The minimum atomic E-state index is 0.130. The number of ether oxygens (including phenoxy) is 1. The minimum absolute atomic E-state index is 0.130. The molecule has 29 heavy (non-hydrogen) atoms. The molecule has 1 aromatic carbocycles. The Morgan fingerprint density at radius 3 is 2.59 bits per heavy atom. The van der Waals surface area contributed by atoms with Crippen molar-refractivity contribution in [3.8, 4) is 28.4 Å². The summed E-state index contributed by atoms with van der Waals surface area (Å²) in [4.78, 5) is 5.04. The smallest absolute Gasteiger partial charge is 0.225 e. The summed E-state index contributed by atoms with van der Waals surface area (Å²) in [6, 6.07) is 10.5. The largest absolute Gasteiger partial charge is 0.474 e. The maximum absolute atomic E-state index is 6.50. The summed E-state index contributed by atoms with van der Waals surface area (Å²) in [5.41, 5.74) is 5.64. The molecule has 0 bridgehead atoms.